The van der Waals surface area contributed by atoms with Gasteiger partial charge >= 0.3 is 0 Å². The normalized spacial score (nSPS) is 22.7. The SMILES string of the molecule is CCN(CCC(C)(C)O)CC1CCCNC1. The van der Waals surface area contributed by atoms with Crippen molar-refractivity contribution in [2.24, 2.45) is 5.92 Å². The van der Waals surface area contributed by atoms with E-state index in [0.717, 1.165) is 25.4 Å². The lowest BCUT2D eigenvalue weighted by Gasteiger charge is -2.31. The summed E-state index contributed by atoms with van der Waals surface area (Å²) < 4.78 is 0. The minimum absolute atomic E-state index is 0.530. The molecule has 2 N–H and O–H groups in total. The van der Waals surface area contributed by atoms with Crippen LogP contribution in [0.15, 0.2) is 0 Å². The van der Waals surface area contributed by atoms with E-state index in [1.54, 1.807) is 0 Å². The number of nitrogens with one attached hydrogen (secondary N) is 1. The van der Waals surface area contributed by atoms with Gasteiger partial charge in [-0.25, -0.2) is 0 Å². The van der Waals surface area contributed by atoms with Gasteiger partial charge < -0.3 is 15.3 Å². The molecule has 0 amide bonds. The lowest BCUT2D eigenvalue weighted by molar-refractivity contribution is 0.0555. The van der Waals surface area contributed by atoms with Crippen molar-refractivity contribution in [1.29, 1.82) is 0 Å². The average Bonchev–Trinajstić information content (AvgIpc) is 2.24. The third-order valence-electron chi connectivity index (χ3n) is 3.40. The van der Waals surface area contributed by atoms with Crippen LogP contribution in [0, 0.1) is 5.92 Å². The van der Waals surface area contributed by atoms with Gasteiger partial charge in [0, 0.05) is 13.1 Å². The van der Waals surface area contributed by atoms with Crippen molar-refractivity contribution >= 4 is 0 Å². The molecule has 0 saturated carbocycles. The highest BCUT2D eigenvalue weighted by Crippen LogP contribution is 2.14. The Hall–Kier alpha value is -0.120. The molecule has 3 nitrogen and oxygen atoms in total. The van der Waals surface area contributed by atoms with Gasteiger partial charge in [0.2, 0.25) is 0 Å². The molecule has 1 unspecified atom stereocenters. The minimum atomic E-state index is -0.530. The fourth-order valence-corrected chi connectivity index (χ4v) is 2.26. The predicted molar refractivity (Wildman–Crippen MR) is 68.6 cm³/mol. The van der Waals surface area contributed by atoms with Gasteiger partial charge in [-0.3, -0.25) is 0 Å². The zero-order valence-electron chi connectivity index (χ0n) is 11.1. The van der Waals surface area contributed by atoms with Gasteiger partial charge in [0.15, 0.2) is 0 Å². The topological polar surface area (TPSA) is 35.5 Å². The van der Waals surface area contributed by atoms with Crippen molar-refractivity contribution in [1.82, 2.24) is 10.2 Å². The first-order chi connectivity index (χ1) is 7.51. The molecular weight excluding hydrogens is 200 g/mol. The van der Waals surface area contributed by atoms with Crippen LogP contribution < -0.4 is 5.32 Å². The van der Waals surface area contributed by atoms with E-state index < -0.39 is 5.60 Å². The third kappa shape index (κ3) is 5.83. The summed E-state index contributed by atoms with van der Waals surface area (Å²) in [5.41, 5.74) is -0.530. The van der Waals surface area contributed by atoms with Crippen LogP contribution in [0.3, 0.4) is 0 Å². The maximum Gasteiger partial charge on any atom is 0.0603 e. The molecule has 0 aromatic rings. The summed E-state index contributed by atoms with van der Waals surface area (Å²) in [5.74, 6) is 0.801. The average molecular weight is 228 g/mol. The van der Waals surface area contributed by atoms with Crippen LogP contribution in [0.4, 0.5) is 0 Å². The zero-order chi connectivity index (χ0) is 12.0. The van der Waals surface area contributed by atoms with Crippen LogP contribution >= 0.6 is 0 Å². The van der Waals surface area contributed by atoms with Crippen LogP contribution in [0.5, 0.6) is 0 Å². The fraction of sp³-hybridized carbons (Fsp3) is 1.00. The summed E-state index contributed by atoms with van der Waals surface area (Å²) in [5, 5.41) is 13.2. The van der Waals surface area contributed by atoms with Gasteiger partial charge in [-0.2, -0.15) is 0 Å². The molecule has 1 aliphatic rings. The Labute approximate surface area is 100 Å². The van der Waals surface area contributed by atoms with Crippen LogP contribution in [0.1, 0.15) is 40.0 Å². The standard InChI is InChI=1S/C13H28N2O/c1-4-15(9-7-13(2,3)16)11-12-6-5-8-14-10-12/h12,14,16H,4-11H2,1-3H3. The van der Waals surface area contributed by atoms with Crippen LogP contribution in [-0.2, 0) is 0 Å². The first-order valence-electron chi connectivity index (χ1n) is 6.66. The number of nitrogens with zero attached hydrogens (tertiary/aromatic N) is 1. The van der Waals surface area contributed by atoms with Gasteiger partial charge in [0.25, 0.3) is 0 Å². The van der Waals surface area contributed by atoms with Crippen molar-refractivity contribution in [3.05, 3.63) is 0 Å². The number of hydrogen-bond acceptors (Lipinski definition) is 3. The molecule has 3 heteroatoms. The van der Waals surface area contributed by atoms with Crippen molar-refractivity contribution in [3.8, 4) is 0 Å². The number of rotatable bonds is 6. The number of piperidine rings is 1. The first kappa shape index (κ1) is 13.9. The quantitative estimate of drug-likeness (QED) is 0.722. The van der Waals surface area contributed by atoms with Gasteiger partial charge in [-0.05, 0) is 58.7 Å². The second kappa shape index (κ2) is 6.58. The molecule has 1 fully saturated rings. The third-order valence-corrected chi connectivity index (χ3v) is 3.40. The number of aliphatic hydroxyl groups is 1. The van der Waals surface area contributed by atoms with Gasteiger partial charge in [-0.15, -0.1) is 0 Å². The maximum atomic E-state index is 9.73. The first-order valence-corrected chi connectivity index (χ1v) is 6.66. The van der Waals surface area contributed by atoms with Crippen LogP contribution in [0.2, 0.25) is 0 Å². The molecule has 0 aromatic heterocycles. The van der Waals surface area contributed by atoms with Crippen molar-refractivity contribution < 1.29 is 5.11 Å². The second-order valence-corrected chi connectivity index (χ2v) is 5.67. The van der Waals surface area contributed by atoms with E-state index in [4.69, 9.17) is 0 Å². The van der Waals surface area contributed by atoms with E-state index in [1.807, 2.05) is 13.8 Å². The predicted octanol–water partition coefficient (Wildman–Crippen LogP) is 1.47. The monoisotopic (exact) mass is 228 g/mol. The molecule has 96 valence electrons. The molecule has 0 aromatic carbocycles. The summed E-state index contributed by atoms with van der Waals surface area (Å²) >= 11 is 0. The summed E-state index contributed by atoms with van der Waals surface area (Å²) in [7, 11) is 0. The van der Waals surface area contributed by atoms with Gasteiger partial charge in [0.1, 0.15) is 0 Å². The molecular formula is C13H28N2O. The van der Waals surface area contributed by atoms with Gasteiger partial charge in [0.05, 0.1) is 5.60 Å². The van der Waals surface area contributed by atoms with E-state index in [2.05, 4.69) is 17.1 Å². The van der Waals surface area contributed by atoms with Crippen molar-refractivity contribution in [3.63, 3.8) is 0 Å². The Bertz CT molecular complexity index is 183. The lowest BCUT2D eigenvalue weighted by atomic mass is 9.98. The molecule has 1 heterocycles. The summed E-state index contributed by atoms with van der Waals surface area (Å²) in [6.45, 7) is 11.6. The molecule has 1 aliphatic heterocycles. The summed E-state index contributed by atoms with van der Waals surface area (Å²) in [4.78, 5) is 2.47. The molecule has 1 rings (SSSR count). The molecule has 16 heavy (non-hydrogen) atoms. The van der Waals surface area contributed by atoms with Crippen molar-refractivity contribution in [2.45, 2.75) is 45.6 Å². The zero-order valence-corrected chi connectivity index (χ0v) is 11.1. The second-order valence-electron chi connectivity index (χ2n) is 5.67. The van der Waals surface area contributed by atoms with E-state index in [9.17, 15) is 5.11 Å². The van der Waals surface area contributed by atoms with Crippen molar-refractivity contribution in [2.75, 3.05) is 32.7 Å². The highest BCUT2D eigenvalue weighted by atomic mass is 16.3. The molecule has 1 atom stereocenters. The Balaban J connectivity index is 2.25. The number of hydrogen-bond donors (Lipinski definition) is 2. The fourth-order valence-electron chi connectivity index (χ4n) is 2.26. The minimum Gasteiger partial charge on any atom is -0.390 e. The van der Waals surface area contributed by atoms with E-state index in [0.29, 0.717) is 0 Å². The molecule has 0 aliphatic carbocycles. The van der Waals surface area contributed by atoms with Gasteiger partial charge in [-0.1, -0.05) is 6.92 Å². The lowest BCUT2D eigenvalue weighted by Crippen LogP contribution is -2.40. The molecule has 0 bridgehead atoms. The Kier molecular flexibility index (Phi) is 5.73. The maximum absolute atomic E-state index is 9.73. The molecule has 0 radical (unpaired) electrons. The van der Waals surface area contributed by atoms with Crippen LogP contribution in [-0.4, -0.2) is 48.3 Å². The largest absolute Gasteiger partial charge is 0.390 e. The van der Waals surface area contributed by atoms with E-state index >= 15 is 0 Å². The van der Waals surface area contributed by atoms with Crippen LogP contribution in [0.25, 0.3) is 0 Å². The smallest absolute Gasteiger partial charge is 0.0603 e. The summed E-state index contributed by atoms with van der Waals surface area (Å²) in [6, 6.07) is 0. The molecule has 0 spiro atoms. The Morgan fingerprint density at radius 3 is 2.69 bits per heavy atom. The van der Waals surface area contributed by atoms with E-state index in [1.165, 1.54) is 32.5 Å². The Morgan fingerprint density at radius 2 is 2.19 bits per heavy atom. The highest BCUT2D eigenvalue weighted by molar-refractivity contribution is 4.74. The van der Waals surface area contributed by atoms with E-state index in [-0.39, 0.29) is 0 Å². The molecule has 1 saturated heterocycles. The highest BCUT2D eigenvalue weighted by Gasteiger charge is 2.18. The summed E-state index contributed by atoms with van der Waals surface area (Å²) in [6.07, 6.45) is 3.53. The Morgan fingerprint density at radius 1 is 1.44 bits per heavy atom.